The zero-order valence-corrected chi connectivity index (χ0v) is 28.0. The zero-order valence-electron chi connectivity index (χ0n) is 28.0. The third-order valence-corrected chi connectivity index (χ3v) is 9.17. The van der Waals surface area contributed by atoms with Crippen LogP contribution in [0.4, 0.5) is 0 Å². The summed E-state index contributed by atoms with van der Waals surface area (Å²) in [6.45, 7) is 8.68. The van der Waals surface area contributed by atoms with Crippen molar-refractivity contribution >= 4 is 21.9 Å². The van der Waals surface area contributed by atoms with E-state index in [1.807, 2.05) is 60.9 Å². The maximum absolute atomic E-state index is 11.3. The monoisotopic (exact) mass is 636 g/mol. The number of aryl methyl sites for hydroxylation is 1. The van der Waals surface area contributed by atoms with Crippen LogP contribution in [0.15, 0.2) is 140 Å². The summed E-state index contributed by atoms with van der Waals surface area (Å²) in [5.41, 5.74) is 12.8. The average Bonchev–Trinajstić information content (AvgIpc) is 3.51. The molecule has 5 heteroatoms. The minimum absolute atomic E-state index is 0.0952. The predicted octanol–water partition coefficient (Wildman–Crippen LogP) is 10.9. The van der Waals surface area contributed by atoms with E-state index >= 15 is 0 Å². The van der Waals surface area contributed by atoms with Crippen molar-refractivity contribution in [1.82, 2.24) is 19.5 Å². The standard InChI is InChI=1S/C44H36N4O/c1-28-22-30(25-31(23-28)36-26-32(38-16-8-9-20-45-38)24-29-12-11-21-46-41(29)36)35-15-10-17-39-42(35)47-43(48(39)34-13-6-5-7-14-34)37-27-33(44(2,3)4)18-19-40(37)49/h5-27,49H,1-4H3. The van der Waals surface area contributed by atoms with E-state index in [1.165, 1.54) is 0 Å². The van der Waals surface area contributed by atoms with Crippen molar-refractivity contribution < 1.29 is 5.11 Å². The number of aromatic nitrogens is 4. The molecule has 0 aliphatic carbocycles. The summed E-state index contributed by atoms with van der Waals surface area (Å²) in [7, 11) is 0. The van der Waals surface area contributed by atoms with Crippen LogP contribution < -0.4 is 0 Å². The van der Waals surface area contributed by atoms with Gasteiger partial charge in [-0.25, -0.2) is 4.98 Å². The Kier molecular flexibility index (Phi) is 7.33. The lowest BCUT2D eigenvalue weighted by atomic mass is 9.86. The lowest BCUT2D eigenvalue weighted by Crippen LogP contribution is -2.11. The second kappa shape index (κ2) is 11.9. The molecule has 0 saturated heterocycles. The molecule has 0 fully saturated rings. The number of pyridine rings is 2. The van der Waals surface area contributed by atoms with E-state index < -0.39 is 0 Å². The van der Waals surface area contributed by atoms with E-state index in [4.69, 9.17) is 9.97 Å². The molecule has 0 unspecified atom stereocenters. The number of aromatic hydroxyl groups is 1. The van der Waals surface area contributed by atoms with Gasteiger partial charge in [0, 0.05) is 40.2 Å². The Balaban J connectivity index is 1.36. The third kappa shape index (κ3) is 5.53. The first-order valence-electron chi connectivity index (χ1n) is 16.6. The van der Waals surface area contributed by atoms with Crippen molar-refractivity contribution in [3.8, 4) is 56.3 Å². The molecule has 0 saturated carbocycles. The minimum Gasteiger partial charge on any atom is -0.507 e. The SMILES string of the molecule is Cc1cc(-c2cc(-c3ccccn3)cc3cccnc23)cc(-c2cccc3c2nc(-c2cc(C(C)(C)C)ccc2O)n3-c2ccccc2)c1. The molecule has 0 amide bonds. The van der Waals surface area contributed by atoms with Crippen LogP contribution in [0.1, 0.15) is 31.9 Å². The van der Waals surface area contributed by atoms with Gasteiger partial charge in [0.05, 0.1) is 27.8 Å². The molecule has 0 atom stereocenters. The molecule has 3 aromatic heterocycles. The number of hydrogen-bond acceptors (Lipinski definition) is 4. The van der Waals surface area contributed by atoms with Gasteiger partial charge in [0.15, 0.2) is 0 Å². The highest BCUT2D eigenvalue weighted by molar-refractivity contribution is 6.00. The fourth-order valence-electron chi connectivity index (χ4n) is 6.72. The first kappa shape index (κ1) is 30.3. The molecule has 3 heterocycles. The van der Waals surface area contributed by atoms with Crippen LogP contribution in [0.3, 0.4) is 0 Å². The Labute approximate surface area is 286 Å². The van der Waals surface area contributed by atoms with E-state index in [2.05, 4.69) is 110 Å². The van der Waals surface area contributed by atoms with Crippen LogP contribution in [-0.4, -0.2) is 24.6 Å². The minimum atomic E-state index is -0.0952. The topological polar surface area (TPSA) is 63.8 Å². The first-order valence-corrected chi connectivity index (χ1v) is 16.6. The molecular weight excluding hydrogens is 601 g/mol. The van der Waals surface area contributed by atoms with Crippen molar-refractivity contribution in [3.63, 3.8) is 0 Å². The second-order valence-corrected chi connectivity index (χ2v) is 13.7. The number of fused-ring (bicyclic) bond motifs is 2. The van der Waals surface area contributed by atoms with Crippen molar-refractivity contribution in [3.05, 3.63) is 151 Å². The normalized spacial score (nSPS) is 11.8. The Bertz CT molecular complexity index is 2490. The number of benzene rings is 5. The summed E-state index contributed by atoms with van der Waals surface area (Å²) in [6, 6.07) is 43.6. The lowest BCUT2D eigenvalue weighted by molar-refractivity contribution is 0.475. The van der Waals surface area contributed by atoms with Crippen LogP contribution in [0.25, 0.3) is 72.5 Å². The number of para-hydroxylation sites is 2. The molecule has 238 valence electrons. The largest absolute Gasteiger partial charge is 0.507 e. The van der Waals surface area contributed by atoms with Gasteiger partial charge in [-0.2, -0.15) is 0 Å². The van der Waals surface area contributed by atoms with Gasteiger partial charge in [0.25, 0.3) is 0 Å². The number of phenolic OH excluding ortho intramolecular Hbond substituents is 1. The smallest absolute Gasteiger partial charge is 0.149 e. The zero-order chi connectivity index (χ0) is 33.7. The quantitative estimate of drug-likeness (QED) is 0.204. The number of rotatable bonds is 5. The molecule has 0 aliphatic heterocycles. The van der Waals surface area contributed by atoms with Crippen LogP contribution in [0.5, 0.6) is 5.75 Å². The summed E-state index contributed by atoms with van der Waals surface area (Å²) < 4.78 is 2.16. The summed E-state index contributed by atoms with van der Waals surface area (Å²) in [5.74, 6) is 0.899. The van der Waals surface area contributed by atoms with Crippen molar-refractivity contribution in [2.24, 2.45) is 0 Å². The maximum Gasteiger partial charge on any atom is 0.149 e. The number of imidazole rings is 1. The lowest BCUT2D eigenvalue weighted by Gasteiger charge is -2.20. The fourth-order valence-corrected chi connectivity index (χ4v) is 6.72. The number of nitrogens with zero attached hydrogens (tertiary/aromatic N) is 4. The van der Waals surface area contributed by atoms with Crippen LogP contribution in [0.2, 0.25) is 0 Å². The molecule has 0 radical (unpaired) electrons. The molecule has 1 N–H and O–H groups in total. The van der Waals surface area contributed by atoms with E-state index in [0.29, 0.717) is 11.4 Å². The molecule has 8 aromatic rings. The van der Waals surface area contributed by atoms with E-state index in [0.717, 1.165) is 72.3 Å². The number of hydrogen-bond donors (Lipinski definition) is 1. The molecule has 0 aliphatic rings. The van der Waals surface area contributed by atoms with Crippen LogP contribution in [0, 0.1) is 6.92 Å². The van der Waals surface area contributed by atoms with Gasteiger partial charge in [-0.1, -0.05) is 81.4 Å². The molecule has 5 aromatic carbocycles. The Morgan fingerprint density at radius 3 is 2.14 bits per heavy atom. The van der Waals surface area contributed by atoms with E-state index in [1.54, 1.807) is 6.07 Å². The van der Waals surface area contributed by atoms with Crippen molar-refractivity contribution in [2.75, 3.05) is 0 Å². The van der Waals surface area contributed by atoms with Gasteiger partial charge in [-0.05, 0) is 101 Å². The predicted molar refractivity (Wildman–Crippen MR) is 201 cm³/mol. The Hall–Kier alpha value is -6.07. The molecule has 8 rings (SSSR count). The molecule has 0 spiro atoms. The van der Waals surface area contributed by atoms with E-state index in [9.17, 15) is 5.11 Å². The molecule has 0 bridgehead atoms. The van der Waals surface area contributed by atoms with Crippen molar-refractivity contribution in [1.29, 1.82) is 0 Å². The van der Waals surface area contributed by atoms with Gasteiger partial charge in [0.1, 0.15) is 11.6 Å². The highest BCUT2D eigenvalue weighted by Crippen LogP contribution is 2.41. The average molecular weight is 637 g/mol. The van der Waals surface area contributed by atoms with Crippen LogP contribution >= 0.6 is 0 Å². The summed E-state index contributed by atoms with van der Waals surface area (Å²) in [6.07, 6.45) is 3.68. The molecule has 49 heavy (non-hydrogen) atoms. The first-order chi connectivity index (χ1) is 23.7. The van der Waals surface area contributed by atoms with Gasteiger partial charge < -0.3 is 5.11 Å². The molecular formula is C44H36N4O. The van der Waals surface area contributed by atoms with E-state index in [-0.39, 0.29) is 11.2 Å². The van der Waals surface area contributed by atoms with Gasteiger partial charge in [-0.15, -0.1) is 0 Å². The summed E-state index contributed by atoms with van der Waals surface area (Å²) >= 11 is 0. The maximum atomic E-state index is 11.3. The van der Waals surface area contributed by atoms with Gasteiger partial charge in [-0.3, -0.25) is 14.5 Å². The third-order valence-electron chi connectivity index (χ3n) is 9.17. The number of phenols is 1. The second-order valence-electron chi connectivity index (χ2n) is 13.7. The fraction of sp³-hybridized carbons (Fsp3) is 0.114. The molecule has 5 nitrogen and oxygen atoms in total. The Morgan fingerprint density at radius 1 is 0.592 bits per heavy atom. The highest BCUT2D eigenvalue weighted by atomic mass is 16.3. The highest BCUT2D eigenvalue weighted by Gasteiger charge is 2.23. The van der Waals surface area contributed by atoms with Gasteiger partial charge in [0.2, 0.25) is 0 Å². The summed E-state index contributed by atoms with van der Waals surface area (Å²) in [4.78, 5) is 14.8. The van der Waals surface area contributed by atoms with Gasteiger partial charge >= 0.3 is 0 Å². The van der Waals surface area contributed by atoms with Crippen molar-refractivity contribution in [2.45, 2.75) is 33.1 Å². The summed E-state index contributed by atoms with van der Waals surface area (Å²) in [5, 5.41) is 12.3. The van der Waals surface area contributed by atoms with Crippen LogP contribution in [-0.2, 0) is 5.41 Å². The Morgan fingerprint density at radius 2 is 1.37 bits per heavy atom.